The van der Waals surface area contributed by atoms with Crippen molar-refractivity contribution in [3.63, 3.8) is 0 Å². The number of aromatic amines is 1. The SMILES string of the molecule is CC(C)CCOC(=O)[C@H](C)N(OC[C@H]1O[C@@H](n2ccc(=O)[nH]c2=O)[C@](C)(F)[C@@H]1O)[PH](=O)Oc1ccccc1. The molecule has 1 unspecified atom stereocenters. The van der Waals surface area contributed by atoms with E-state index in [-0.39, 0.29) is 12.4 Å². The number of alkyl halides is 1. The molecule has 1 aromatic heterocycles. The van der Waals surface area contributed by atoms with Crippen LogP contribution in [0.5, 0.6) is 5.75 Å². The van der Waals surface area contributed by atoms with E-state index < -0.39 is 62.2 Å². The van der Waals surface area contributed by atoms with Crippen molar-refractivity contribution in [3.8, 4) is 5.75 Å². The van der Waals surface area contributed by atoms with Crippen LogP contribution in [0.1, 0.15) is 40.3 Å². The predicted molar refractivity (Wildman–Crippen MR) is 134 cm³/mol. The van der Waals surface area contributed by atoms with Crippen molar-refractivity contribution in [1.82, 2.24) is 14.4 Å². The number of hydrogen-bond acceptors (Lipinski definition) is 9. The van der Waals surface area contributed by atoms with Gasteiger partial charge in [-0.3, -0.25) is 28.5 Å². The van der Waals surface area contributed by atoms with E-state index in [1.54, 1.807) is 30.3 Å². The van der Waals surface area contributed by atoms with Crippen molar-refractivity contribution in [2.75, 3.05) is 13.2 Å². The lowest BCUT2D eigenvalue weighted by molar-refractivity contribution is -0.181. The quantitative estimate of drug-likeness (QED) is 0.226. The zero-order chi connectivity index (χ0) is 28.0. The molecular formula is C24H33FN3O9P. The molecule has 0 saturated carbocycles. The van der Waals surface area contributed by atoms with Crippen molar-refractivity contribution in [3.05, 3.63) is 63.4 Å². The van der Waals surface area contributed by atoms with E-state index in [0.29, 0.717) is 12.3 Å². The summed E-state index contributed by atoms with van der Waals surface area (Å²) in [5, 5.41) is 10.6. The monoisotopic (exact) mass is 557 g/mol. The molecule has 2 N–H and O–H groups in total. The van der Waals surface area contributed by atoms with Gasteiger partial charge >= 0.3 is 19.8 Å². The zero-order valence-corrected chi connectivity index (χ0v) is 22.5. The Morgan fingerprint density at radius 3 is 2.58 bits per heavy atom. The summed E-state index contributed by atoms with van der Waals surface area (Å²) in [6.07, 6.45) is -3.04. The summed E-state index contributed by atoms with van der Waals surface area (Å²) < 4.78 is 45.8. The first-order valence-corrected chi connectivity index (χ1v) is 13.4. The summed E-state index contributed by atoms with van der Waals surface area (Å²) in [5.41, 5.74) is -4.08. The number of rotatable bonds is 12. The van der Waals surface area contributed by atoms with Gasteiger partial charge in [0.15, 0.2) is 11.9 Å². The third-order valence-corrected chi connectivity index (χ3v) is 7.25. The maximum Gasteiger partial charge on any atom is 0.331 e. The number of aliphatic hydroxyl groups is 1. The van der Waals surface area contributed by atoms with Gasteiger partial charge in [0.2, 0.25) is 0 Å². The van der Waals surface area contributed by atoms with Gasteiger partial charge in [0.25, 0.3) is 5.56 Å². The fourth-order valence-electron chi connectivity index (χ4n) is 3.68. The number of aliphatic hydroxyl groups excluding tert-OH is 1. The third-order valence-electron chi connectivity index (χ3n) is 5.96. The summed E-state index contributed by atoms with van der Waals surface area (Å²) in [4.78, 5) is 44.6. The number of carbonyl (C=O) groups excluding carboxylic acids is 1. The summed E-state index contributed by atoms with van der Waals surface area (Å²) in [6.45, 7) is 5.98. The standard InChI is InChI=1S/C24H33FN3O9P/c1-15(2)11-13-34-21(31)16(3)28(38(33)37-17-8-6-5-7-9-17)35-14-18-20(30)24(4,25)22(36-18)27-12-10-19(29)26-23(27)32/h5-10,12,15-16,18,20,22,30,38H,11,13-14H2,1-4H3,(H,26,29,32)/t16-,18+,20+,22+,24+/m0/s1. The number of H-pyrrole nitrogens is 1. The molecule has 0 aliphatic carbocycles. The second-order valence-electron chi connectivity index (χ2n) is 9.47. The second-order valence-corrected chi connectivity index (χ2v) is 10.6. The largest absolute Gasteiger partial charge is 0.464 e. The lowest BCUT2D eigenvalue weighted by atomic mass is 9.98. The molecule has 0 spiro atoms. The Morgan fingerprint density at radius 1 is 1.26 bits per heavy atom. The van der Waals surface area contributed by atoms with Crippen LogP contribution in [0.2, 0.25) is 0 Å². The number of halogens is 1. The van der Waals surface area contributed by atoms with Crippen LogP contribution in [0, 0.1) is 5.92 Å². The van der Waals surface area contributed by atoms with Crippen molar-refractivity contribution in [1.29, 1.82) is 0 Å². The van der Waals surface area contributed by atoms with E-state index in [0.717, 1.165) is 28.6 Å². The van der Waals surface area contributed by atoms with Crippen LogP contribution in [0.25, 0.3) is 0 Å². The molecule has 1 aliphatic heterocycles. The molecule has 1 aromatic carbocycles. The molecule has 6 atom stereocenters. The van der Waals surface area contributed by atoms with Crippen LogP contribution in [0.15, 0.2) is 52.2 Å². The number of hydroxylamine groups is 1. The average Bonchev–Trinajstić information content (AvgIpc) is 3.08. The number of ether oxygens (including phenoxy) is 2. The van der Waals surface area contributed by atoms with Gasteiger partial charge in [0.1, 0.15) is 24.0 Å². The van der Waals surface area contributed by atoms with Crippen LogP contribution in [0.4, 0.5) is 4.39 Å². The molecule has 1 aliphatic rings. The minimum atomic E-state index is -3.24. The first-order valence-electron chi connectivity index (χ1n) is 12.1. The van der Waals surface area contributed by atoms with Gasteiger partial charge in [0.05, 0.1) is 13.2 Å². The van der Waals surface area contributed by atoms with Crippen molar-refractivity contribution < 1.29 is 37.7 Å². The van der Waals surface area contributed by atoms with Gasteiger partial charge in [-0.15, -0.1) is 0 Å². The average molecular weight is 558 g/mol. The van der Waals surface area contributed by atoms with Gasteiger partial charge in [-0.1, -0.05) is 36.9 Å². The minimum Gasteiger partial charge on any atom is -0.464 e. The normalized spacial score (nSPS) is 24.9. The lowest BCUT2D eigenvalue weighted by Gasteiger charge is -2.27. The molecule has 1 saturated heterocycles. The van der Waals surface area contributed by atoms with Gasteiger partial charge in [-0.2, -0.15) is 0 Å². The Balaban J connectivity index is 1.76. The van der Waals surface area contributed by atoms with Crippen molar-refractivity contribution >= 4 is 14.1 Å². The number of esters is 1. The second kappa shape index (κ2) is 12.8. The number of nitrogens with one attached hydrogen (secondary N) is 1. The van der Waals surface area contributed by atoms with Crippen molar-refractivity contribution in [2.24, 2.45) is 5.92 Å². The highest BCUT2D eigenvalue weighted by Gasteiger charge is 2.55. The van der Waals surface area contributed by atoms with E-state index in [2.05, 4.69) is 0 Å². The van der Waals surface area contributed by atoms with E-state index in [1.165, 1.54) is 6.92 Å². The maximum atomic E-state index is 15.5. The van der Waals surface area contributed by atoms with Gasteiger partial charge in [0, 0.05) is 12.3 Å². The van der Waals surface area contributed by atoms with Crippen LogP contribution in [0.3, 0.4) is 0 Å². The summed E-state index contributed by atoms with van der Waals surface area (Å²) in [5.74, 6) is -0.164. The van der Waals surface area contributed by atoms with Crippen LogP contribution in [-0.2, 0) is 23.7 Å². The third kappa shape index (κ3) is 7.17. The highest BCUT2D eigenvalue weighted by Crippen LogP contribution is 2.41. The highest BCUT2D eigenvalue weighted by molar-refractivity contribution is 7.36. The van der Waals surface area contributed by atoms with E-state index in [1.807, 2.05) is 18.8 Å². The van der Waals surface area contributed by atoms with E-state index >= 15 is 4.39 Å². The van der Waals surface area contributed by atoms with Crippen LogP contribution >= 0.6 is 8.18 Å². The molecule has 210 valence electrons. The Hall–Kier alpha value is -2.83. The Labute approximate surface area is 219 Å². The Morgan fingerprint density at radius 2 is 1.95 bits per heavy atom. The fourth-order valence-corrected chi connectivity index (χ4v) is 4.71. The van der Waals surface area contributed by atoms with Gasteiger partial charge < -0.3 is 19.1 Å². The van der Waals surface area contributed by atoms with Gasteiger partial charge in [-0.05, 0) is 38.3 Å². The summed E-state index contributed by atoms with van der Waals surface area (Å²) >= 11 is 0. The smallest absolute Gasteiger partial charge is 0.331 e. The molecule has 1 fully saturated rings. The first-order chi connectivity index (χ1) is 17.9. The summed E-state index contributed by atoms with van der Waals surface area (Å²) in [6, 6.07) is 8.04. The number of nitrogens with zero attached hydrogens (tertiary/aromatic N) is 2. The number of hydrogen-bond donors (Lipinski definition) is 2. The topological polar surface area (TPSA) is 149 Å². The van der Waals surface area contributed by atoms with E-state index in [4.69, 9.17) is 18.8 Å². The minimum absolute atomic E-state index is 0.148. The number of carbonyl (C=O) groups is 1. The fraction of sp³-hybridized carbons (Fsp3) is 0.542. The number of benzene rings is 1. The lowest BCUT2D eigenvalue weighted by Crippen LogP contribution is -2.44. The molecule has 38 heavy (non-hydrogen) atoms. The molecule has 0 amide bonds. The first kappa shape index (κ1) is 29.7. The van der Waals surface area contributed by atoms with Crippen LogP contribution < -0.4 is 15.8 Å². The molecular weight excluding hydrogens is 524 g/mol. The molecule has 2 aromatic rings. The highest BCUT2D eigenvalue weighted by atomic mass is 31.1. The predicted octanol–water partition coefficient (Wildman–Crippen LogP) is 2.20. The molecule has 2 heterocycles. The van der Waals surface area contributed by atoms with Crippen LogP contribution in [-0.4, -0.2) is 62.6 Å². The summed E-state index contributed by atoms with van der Waals surface area (Å²) in [7, 11) is -3.24. The Bertz CT molecular complexity index is 1220. The number of para-hydroxylation sites is 1. The zero-order valence-electron chi connectivity index (χ0n) is 21.5. The Kier molecular flexibility index (Phi) is 10.0. The molecule has 3 rings (SSSR count). The number of aromatic nitrogens is 2. The van der Waals surface area contributed by atoms with E-state index in [9.17, 15) is 24.1 Å². The molecule has 12 nitrogen and oxygen atoms in total. The molecule has 14 heteroatoms. The van der Waals surface area contributed by atoms with Crippen molar-refractivity contribution in [2.45, 2.75) is 64.3 Å². The molecule has 0 bridgehead atoms. The molecule has 0 radical (unpaired) electrons. The van der Waals surface area contributed by atoms with Gasteiger partial charge in [-0.25, -0.2) is 9.18 Å². The maximum absolute atomic E-state index is 15.5.